The Bertz CT molecular complexity index is 1320. The number of rotatable bonds is 4. The third-order valence-corrected chi connectivity index (χ3v) is 7.95. The van der Waals surface area contributed by atoms with Gasteiger partial charge in [0.2, 0.25) is 5.78 Å². The maximum Gasteiger partial charge on any atom is 0.202 e. The summed E-state index contributed by atoms with van der Waals surface area (Å²) in [4.78, 5) is 27.1. The molecule has 1 heterocycles. The Morgan fingerprint density at radius 3 is 2.41 bits per heavy atom. The van der Waals surface area contributed by atoms with Crippen LogP contribution in [0.1, 0.15) is 75.8 Å². The standard InChI is InChI=1S/C27H31NO10.ClH/c1-10-22(30)14(28)7-17(37-10)38-16-9-27(35,11(2)29)8-13-19(16)26(34)21-20(24(13)32)23(31)12-5-4-6-15(36-3)18(12)25(21)33;/h4-6,10-11,14,16-17,22,29-30,32,34-35H,7-9,28H2,1-3H3;1H. The number of hydrogen-bond donors (Lipinski definition) is 6. The predicted molar refractivity (Wildman–Crippen MR) is 139 cm³/mol. The van der Waals surface area contributed by atoms with Crippen LogP contribution in [0.15, 0.2) is 18.2 Å². The van der Waals surface area contributed by atoms with Crippen molar-refractivity contribution in [1.82, 2.24) is 0 Å². The average Bonchev–Trinajstić information content (AvgIpc) is 2.87. The Hall–Kier alpha value is -2.77. The third kappa shape index (κ3) is 4.48. The zero-order chi connectivity index (χ0) is 27.7. The number of phenolic OH excluding ortho intramolecular Hbond substituents is 2. The fourth-order valence-corrected chi connectivity index (χ4v) is 5.74. The maximum atomic E-state index is 13.6. The molecule has 7 unspecified atom stereocenters. The number of carbonyl (C=O) groups is 2. The topological polar surface area (TPSA) is 189 Å². The summed E-state index contributed by atoms with van der Waals surface area (Å²) in [6, 6.07) is 3.80. The van der Waals surface area contributed by atoms with Crippen LogP contribution < -0.4 is 10.5 Å². The lowest BCUT2D eigenvalue weighted by Crippen LogP contribution is -2.53. The van der Waals surface area contributed by atoms with Crippen LogP contribution in [0.3, 0.4) is 0 Å². The van der Waals surface area contributed by atoms with E-state index in [-0.39, 0.29) is 59.7 Å². The van der Waals surface area contributed by atoms with Gasteiger partial charge in [-0.15, -0.1) is 12.4 Å². The van der Waals surface area contributed by atoms with Crippen molar-refractivity contribution in [2.75, 3.05) is 7.11 Å². The number of aromatic hydroxyl groups is 2. The second kappa shape index (κ2) is 10.3. The van der Waals surface area contributed by atoms with E-state index < -0.39 is 76.5 Å². The minimum Gasteiger partial charge on any atom is -0.507 e. The minimum absolute atomic E-state index is 0. The van der Waals surface area contributed by atoms with Gasteiger partial charge in [0, 0.05) is 42.0 Å². The highest BCUT2D eigenvalue weighted by Crippen LogP contribution is 2.52. The number of ether oxygens (including phenoxy) is 3. The van der Waals surface area contributed by atoms with Crippen molar-refractivity contribution in [3.63, 3.8) is 0 Å². The molecule has 11 nitrogen and oxygen atoms in total. The molecule has 1 aliphatic heterocycles. The zero-order valence-electron chi connectivity index (χ0n) is 21.6. The number of benzene rings is 2. The molecule has 0 amide bonds. The molecule has 1 saturated heterocycles. The quantitative estimate of drug-likeness (QED) is 0.250. The number of phenols is 2. The first-order chi connectivity index (χ1) is 17.9. The summed E-state index contributed by atoms with van der Waals surface area (Å²) in [6.07, 6.45) is -5.47. The molecular weight excluding hydrogens is 534 g/mol. The van der Waals surface area contributed by atoms with Crippen molar-refractivity contribution in [1.29, 1.82) is 0 Å². The summed E-state index contributed by atoms with van der Waals surface area (Å²) in [6.45, 7) is 3.00. The molecule has 2 aromatic carbocycles. The van der Waals surface area contributed by atoms with Crippen molar-refractivity contribution in [3.8, 4) is 17.2 Å². The summed E-state index contributed by atoms with van der Waals surface area (Å²) in [5.41, 5.74) is 3.37. The second-order valence-electron chi connectivity index (χ2n) is 10.3. The monoisotopic (exact) mass is 565 g/mol. The molecule has 0 radical (unpaired) electrons. The van der Waals surface area contributed by atoms with Gasteiger partial charge in [0.1, 0.15) is 17.2 Å². The van der Waals surface area contributed by atoms with E-state index >= 15 is 0 Å². The Kier molecular flexibility index (Phi) is 7.74. The van der Waals surface area contributed by atoms with Crippen molar-refractivity contribution in [2.45, 2.75) is 75.5 Å². The Labute approximate surface area is 230 Å². The average molecular weight is 566 g/mol. The van der Waals surface area contributed by atoms with E-state index in [0.29, 0.717) is 0 Å². The van der Waals surface area contributed by atoms with E-state index in [4.69, 9.17) is 19.9 Å². The van der Waals surface area contributed by atoms with Gasteiger partial charge in [0.05, 0.1) is 53.8 Å². The van der Waals surface area contributed by atoms with E-state index in [1.54, 1.807) is 6.92 Å². The van der Waals surface area contributed by atoms with Crippen LogP contribution in [-0.2, 0) is 15.9 Å². The van der Waals surface area contributed by atoms with Crippen molar-refractivity contribution >= 4 is 24.0 Å². The van der Waals surface area contributed by atoms with Gasteiger partial charge in [-0.3, -0.25) is 9.59 Å². The first-order valence-electron chi connectivity index (χ1n) is 12.4. The Morgan fingerprint density at radius 2 is 1.79 bits per heavy atom. The van der Waals surface area contributed by atoms with Gasteiger partial charge in [-0.05, 0) is 19.9 Å². The van der Waals surface area contributed by atoms with E-state index in [0.717, 1.165) is 0 Å². The summed E-state index contributed by atoms with van der Waals surface area (Å²) in [5.74, 6) is -2.44. The largest absolute Gasteiger partial charge is 0.507 e. The van der Waals surface area contributed by atoms with Crippen molar-refractivity contribution in [2.24, 2.45) is 5.73 Å². The zero-order valence-corrected chi connectivity index (χ0v) is 22.4. The fraction of sp³-hybridized carbons (Fsp3) is 0.481. The number of halogens is 1. The Balaban J connectivity index is 0.00000353. The van der Waals surface area contributed by atoms with E-state index in [1.807, 2.05) is 0 Å². The minimum atomic E-state index is -1.80. The lowest BCUT2D eigenvalue weighted by Gasteiger charge is -2.43. The first-order valence-corrected chi connectivity index (χ1v) is 12.4. The summed E-state index contributed by atoms with van der Waals surface area (Å²) in [5, 5.41) is 54.7. The highest BCUT2D eigenvalue weighted by Gasteiger charge is 2.49. The summed E-state index contributed by atoms with van der Waals surface area (Å²) >= 11 is 0. The number of fused-ring (bicyclic) bond motifs is 3. The normalized spacial score (nSPS) is 30.5. The van der Waals surface area contributed by atoms with Gasteiger partial charge in [-0.25, -0.2) is 0 Å². The molecule has 3 aliphatic rings. The molecule has 2 aromatic rings. The van der Waals surface area contributed by atoms with Gasteiger partial charge >= 0.3 is 0 Å². The highest BCUT2D eigenvalue weighted by atomic mass is 35.5. The summed E-state index contributed by atoms with van der Waals surface area (Å²) < 4.78 is 17.1. The number of methoxy groups -OCH3 is 1. The molecule has 7 atom stereocenters. The first kappa shape index (κ1) is 29.2. The van der Waals surface area contributed by atoms with Crippen LogP contribution in [0.4, 0.5) is 0 Å². The van der Waals surface area contributed by atoms with Gasteiger partial charge in [-0.1, -0.05) is 12.1 Å². The molecular formula is C27H32ClNO10. The number of aliphatic hydroxyl groups is 3. The van der Waals surface area contributed by atoms with Crippen LogP contribution in [0.5, 0.6) is 17.2 Å². The number of nitrogens with two attached hydrogens (primary N) is 1. The lowest BCUT2D eigenvalue weighted by molar-refractivity contribution is -0.250. The number of hydrogen-bond acceptors (Lipinski definition) is 11. The van der Waals surface area contributed by atoms with E-state index in [2.05, 4.69) is 0 Å². The lowest BCUT2D eigenvalue weighted by atomic mass is 9.71. The van der Waals surface area contributed by atoms with Crippen molar-refractivity contribution in [3.05, 3.63) is 51.6 Å². The van der Waals surface area contributed by atoms with Crippen LogP contribution in [-0.4, -0.2) is 80.5 Å². The predicted octanol–water partition coefficient (Wildman–Crippen LogP) is 1.24. The fourth-order valence-electron chi connectivity index (χ4n) is 5.74. The molecule has 2 aliphatic carbocycles. The van der Waals surface area contributed by atoms with Crippen molar-refractivity contribution < 1.29 is 49.3 Å². The van der Waals surface area contributed by atoms with Crippen LogP contribution in [0.25, 0.3) is 0 Å². The molecule has 212 valence electrons. The van der Waals surface area contributed by atoms with E-state index in [1.165, 1.54) is 32.2 Å². The molecule has 12 heteroatoms. The van der Waals surface area contributed by atoms with Gasteiger partial charge < -0.3 is 45.5 Å². The molecule has 0 aromatic heterocycles. The van der Waals surface area contributed by atoms with Gasteiger partial charge in [0.25, 0.3) is 0 Å². The SMILES string of the molecule is COc1cccc2c1C(=O)c1c(O)c3c(c(O)c1C2=O)CC(O)(C(C)O)CC3OC1CC(N)C(O)C(C)O1.Cl. The van der Waals surface area contributed by atoms with Gasteiger partial charge in [0.15, 0.2) is 12.1 Å². The number of carbonyl (C=O) groups excluding carboxylic acids is 2. The Morgan fingerprint density at radius 1 is 1.13 bits per heavy atom. The van der Waals surface area contributed by atoms with E-state index in [9.17, 15) is 35.1 Å². The van der Waals surface area contributed by atoms with Crippen LogP contribution >= 0.6 is 12.4 Å². The molecule has 0 spiro atoms. The molecule has 5 rings (SSSR count). The highest BCUT2D eigenvalue weighted by molar-refractivity contribution is 6.31. The van der Waals surface area contributed by atoms with Gasteiger partial charge in [-0.2, -0.15) is 0 Å². The number of aliphatic hydroxyl groups excluding tert-OH is 2. The molecule has 0 saturated carbocycles. The third-order valence-electron chi connectivity index (χ3n) is 7.95. The smallest absolute Gasteiger partial charge is 0.202 e. The summed E-state index contributed by atoms with van der Waals surface area (Å²) in [7, 11) is 1.35. The second-order valence-corrected chi connectivity index (χ2v) is 10.3. The number of ketones is 2. The maximum absolute atomic E-state index is 13.6. The van der Waals surface area contributed by atoms with Crippen LogP contribution in [0, 0.1) is 0 Å². The molecule has 1 fully saturated rings. The van der Waals surface area contributed by atoms with Crippen LogP contribution in [0.2, 0.25) is 0 Å². The molecule has 0 bridgehead atoms. The molecule has 39 heavy (non-hydrogen) atoms. The molecule has 7 N–H and O–H groups in total.